The van der Waals surface area contributed by atoms with E-state index >= 15 is 0 Å². The number of fused-ring (bicyclic) bond motifs is 5. The van der Waals surface area contributed by atoms with E-state index in [1.807, 2.05) is 12.1 Å². The fourth-order valence-electron chi connectivity index (χ4n) is 5.79. The van der Waals surface area contributed by atoms with Gasteiger partial charge >= 0.3 is 0 Å². The molecule has 0 radical (unpaired) electrons. The van der Waals surface area contributed by atoms with Gasteiger partial charge in [0.15, 0.2) is 0 Å². The highest BCUT2D eigenvalue weighted by molar-refractivity contribution is 5.40. The summed E-state index contributed by atoms with van der Waals surface area (Å²) in [7, 11) is 0. The first-order valence-electron chi connectivity index (χ1n) is 8.46. The molecule has 2 nitrogen and oxygen atoms in total. The predicted molar refractivity (Wildman–Crippen MR) is 86.5 cm³/mol. The molecule has 1 aromatic carbocycles. The van der Waals surface area contributed by atoms with E-state index in [4.69, 9.17) is 6.42 Å². The Morgan fingerprint density at radius 2 is 2.14 bits per heavy atom. The third-order valence-electron chi connectivity index (χ3n) is 6.75. The van der Waals surface area contributed by atoms with E-state index < -0.39 is 5.60 Å². The number of phenols is 1. The van der Waals surface area contributed by atoms with Gasteiger partial charge in [-0.05, 0) is 85.0 Å². The molecule has 116 valence electrons. The fraction of sp³-hybridized carbons (Fsp3) is 0.600. The summed E-state index contributed by atoms with van der Waals surface area (Å²) in [5.74, 6) is 4.76. The lowest BCUT2D eigenvalue weighted by Crippen LogP contribution is -2.39. The second kappa shape index (κ2) is 4.52. The van der Waals surface area contributed by atoms with Crippen LogP contribution in [0.15, 0.2) is 18.2 Å². The lowest BCUT2D eigenvalue weighted by atomic mass is 9.56. The topological polar surface area (TPSA) is 40.5 Å². The monoisotopic (exact) mass is 296 g/mol. The maximum Gasteiger partial charge on any atom is 0.126 e. The molecule has 0 spiro atoms. The molecule has 3 aliphatic carbocycles. The Balaban J connectivity index is 1.70. The molecule has 3 aliphatic rings. The zero-order chi connectivity index (χ0) is 15.5. The van der Waals surface area contributed by atoms with Gasteiger partial charge in [-0.2, -0.15) is 0 Å². The van der Waals surface area contributed by atoms with Crippen molar-refractivity contribution in [2.75, 3.05) is 0 Å². The van der Waals surface area contributed by atoms with Gasteiger partial charge in [0, 0.05) is 0 Å². The zero-order valence-corrected chi connectivity index (χ0v) is 13.2. The van der Waals surface area contributed by atoms with Crippen LogP contribution in [-0.2, 0) is 6.42 Å². The third kappa shape index (κ3) is 1.92. The molecule has 5 atom stereocenters. The highest BCUT2D eigenvalue weighted by Gasteiger charge is 2.57. The molecule has 1 aromatic rings. The normalized spacial score (nSPS) is 42.9. The van der Waals surface area contributed by atoms with Crippen molar-refractivity contribution in [1.29, 1.82) is 0 Å². The second-order valence-corrected chi connectivity index (χ2v) is 8.05. The Labute approximate surface area is 132 Å². The number of aryl methyl sites for hydroxylation is 1. The van der Waals surface area contributed by atoms with Crippen LogP contribution in [0.2, 0.25) is 0 Å². The van der Waals surface area contributed by atoms with E-state index in [1.54, 1.807) is 0 Å². The van der Waals surface area contributed by atoms with Gasteiger partial charge in [-0.25, -0.2) is 0 Å². The van der Waals surface area contributed by atoms with Crippen molar-refractivity contribution in [1.82, 2.24) is 0 Å². The van der Waals surface area contributed by atoms with Gasteiger partial charge in [-0.15, -0.1) is 6.42 Å². The second-order valence-electron chi connectivity index (χ2n) is 8.05. The van der Waals surface area contributed by atoms with E-state index in [1.165, 1.54) is 17.5 Å². The highest BCUT2D eigenvalue weighted by atomic mass is 16.3. The lowest BCUT2D eigenvalue weighted by Gasteiger charge is -2.49. The molecule has 0 aliphatic heterocycles. The average Bonchev–Trinajstić information content (AvgIpc) is 2.78. The Kier molecular flexibility index (Phi) is 2.91. The molecule has 2 N–H and O–H groups in total. The van der Waals surface area contributed by atoms with Gasteiger partial charge in [0.05, 0.1) is 0 Å². The molecule has 0 aromatic heterocycles. The molecule has 2 heteroatoms. The van der Waals surface area contributed by atoms with Crippen molar-refractivity contribution in [2.24, 2.45) is 17.3 Å². The van der Waals surface area contributed by atoms with E-state index in [0.29, 0.717) is 23.5 Å². The summed E-state index contributed by atoms with van der Waals surface area (Å²) < 4.78 is 0. The van der Waals surface area contributed by atoms with Gasteiger partial charge in [0.2, 0.25) is 0 Å². The largest absolute Gasteiger partial charge is 0.508 e. The molecule has 0 bridgehead atoms. The standard InChI is InChI=1S/C20H24O2/c1-3-20(22)11-18-17-6-4-13-10-14(21)5-7-15(13)16(17)8-9-19(18,2)12-20/h1,5,7,10,16-18,21-22H,4,6,8-9,11-12H2,2H3/t16-,17-,18+,19-,20+/m1/s1. The predicted octanol–water partition coefficient (Wildman–Crippen LogP) is 3.61. The van der Waals surface area contributed by atoms with Crippen LogP contribution in [0.25, 0.3) is 0 Å². The first kappa shape index (κ1) is 14.2. The van der Waals surface area contributed by atoms with Gasteiger partial charge < -0.3 is 10.2 Å². The molecule has 0 heterocycles. The SMILES string of the molecule is C#C[C@]1(O)C[C@H]2[C@@H]3CCc4cc(O)ccc4[C@H]3CC[C@]2(C)C1. The number of rotatable bonds is 0. The van der Waals surface area contributed by atoms with Crippen LogP contribution in [-0.4, -0.2) is 15.8 Å². The molecule has 22 heavy (non-hydrogen) atoms. The summed E-state index contributed by atoms with van der Waals surface area (Å²) in [4.78, 5) is 0. The number of terminal acetylenes is 1. The molecule has 0 amide bonds. The number of hydrogen-bond acceptors (Lipinski definition) is 2. The summed E-state index contributed by atoms with van der Waals surface area (Å²) >= 11 is 0. The first-order chi connectivity index (χ1) is 10.4. The zero-order valence-electron chi connectivity index (χ0n) is 13.2. The summed E-state index contributed by atoms with van der Waals surface area (Å²) in [5, 5.41) is 20.4. The lowest BCUT2D eigenvalue weighted by molar-refractivity contribution is 0.0589. The number of benzene rings is 1. The van der Waals surface area contributed by atoms with Crippen molar-refractivity contribution >= 4 is 0 Å². The van der Waals surface area contributed by atoms with Crippen LogP contribution in [0.4, 0.5) is 0 Å². The van der Waals surface area contributed by atoms with E-state index in [9.17, 15) is 10.2 Å². The Bertz CT molecular complexity index is 658. The van der Waals surface area contributed by atoms with Crippen molar-refractivity contribution in [3.8, 4) is 18.1 Å². The van der Waals surface area contributed by atoms with Gasteiger partial charge in [-0.1, -0.05) is 18.9 Å². The van der Waals surface area contributed by atoms with Crippen LogP contribution in [0.1, 0.15) is 56.1 Å². The third-order valence-corrected chi connectivity index (χ3v) is 6.75. The molecule has 0 unspecified atom stereocenters. The Morgan fingerprint density at radius 1 is 1.32 bits per heavy atom. The van der Waals surface area contributed by atoms with Crippen molar-refractivity contribution < 1.29 is 10.2 Å². The van der Waals surface area contributed by atoms with Gasteiger partial charge in [-0.3, -0.25) is 0 Å². The summed E-state index contributed by atoms with van der Waals surface area (Å²) in [5.41, 5.74) is 2.03. The van der Waals surface area contributed by atoms with Crippen molar-refractivity contribution in [3.63, 3.8) is 0 Å². The molecule has 2 fully saturated rings. The van der Waals surface area contributed by atoms with Crippen LogP contribution < -0.4 is 0 Å². The smallest absolute Gasteiger partial charge is 0.126 e. The van der Waals surface area contributed by atoms with Gasteiger partial charge in [0.1, 0.15) is 11.4 Å². The summed E-state index contributed by atoms with van der Waals surface area (Å²) in [6.07, 6.45) is 11.6. The van der Waals surface area contributed by atoms with Crippen molar-refractivity contribution in [3.05, 3.63) is 29.3 Å². The minimum Gasteiger partial charge on any atom is -0.508 e. The number of aliphatic hydroxyl groups is 1. The van der Waals surface area contributed by atoms with E-state index in [2.05, 4.69) is 18.9 Å². The highest BCUT2D eigenvalue weighted by Crippen LogP contribution is 2.63. The number of phenolic OH excluding ortho intramolecular Hbond substituents is 1. The minimum absolute atomic E-state index is 0.191. The van der Waals surface area contributed by atoms with E-state index in [0.717, 1.165) is 32.1 Å². The van der Waals surface area contributed by atoms with Crippen LogP contribution in [0.5, 0.6) is 5.75 Å². The van der Waals surface area contributed by atoms with Gasteiger partial charge in [0.25, 0.3) is 0 Å². The van der Waals surface area contributed by atoms with Crippen molar-refractivity contribution in [2.45, 2.75) is 57.0 Å². The van der Waals surface area contributed by atoms with Crippen LogP contribution >= 0.6 is 0 Å². The quantitative estimate of drug-likeness (QED) is 0.718. The average molecular weight is 296 g/mol. The Hall–Kier alpha value is -1.46. The number of hydrogen-bond donors (Lipinski definition) is 2. The molecular formula is C20H24O2. The molecular weight excluding hydrogens is 272 g/mol. The maximum atomic E-state index is 10.6. The summed E-state index contributed by atoms with van der Waals surface area (Å²) in [6, 6.07) is 5.87. The minimum atomic E-state index is -0.899. The number of aromatic hydroxyl groups is 1. The maximum absolute atomic E-state index is 10.6. The molecule has 4 rings (SSSR count). The molecule has 2 saturated carbocycles. The van der Waals surface area contributed by atoms with Crippen LogP contribution in [0, 0.1) is 29.6 Å². The van der Waals surface area contributed by atoms with Crippen LogP contribution in [0.3, 0.4) is 0 Å². The Morgan fingerprint density at radius 3 is 2.91 bits per heavy atom. The first-order valence-corrected chi connectivity index (χ1v) is 8.46. The fourth-order valence-corrected chi connectivity index (χ4v) is 5.79. The van der Waals surface area contributed by atoms with E-state index in [-0.39, 0.29) is 5.41 Å². The molecule has 0 saturated heterocycles. The summed E-state index contributed by atoms with van der Waals surface area (Å²) in [6.45, 7) is 2.33.